The molecule has 214 valence electrons. The first-order valence-electron chi connectivity index (χ1n) is 13.4. The fourth-order valence-corrected chi connectivity index (χ4v) is 6.12. The maximum Gasteiger partial charge on any atom is 0.311 e. The minimum Gasteiger partial charge on any atom is -0.379 e. The molecule has 4 aliphatic heterocycles. The van der Waals surface area contributed by atoms with Crippen LogP contribution in [0.5, 0.6) is 0 Å². The van der Waals surface area contributed by atoms with E-state index in [1.807, 2.05) is 0 Å². The van der Waals surface area contributed by atoms with Crippen molar-refractivity contribution < 1.29 is 33.1 Å². The van der Waals surface area contributed by atoms with Crippen LogP contribution in [0.2, 0.25) is 0 Å². The van der Waals surface area contributed by atoms with E-state index >= 15 is 0 Å². The Hall–Kier alpha value is -3.71. The van der Waals surface area contributed by atoms with Crippen molar-refractivity contribution in [3.05, 3.63) is 35.6 Å². The topological polar surface area (TPSA) is 141 Å². The molecule has 5 aliphatic rings. The SMILES string of the molecule is CN(C)C(=O)C(=O)NC12CCC(N3CCOCC3)(CC1)CN1C(=O)C(=O)C(C(=O)NCc3ccc(F)cc3)N=C12. The van der Waals surface area contributed by atoms with Crippen molar-refractivity contribution >= 4 is 35.2 Å². The van der Waals surface area contributed by atoms with Gasteiger partial charge in [0.15, 0.2) is 6.04 Å². The number of aliphatic imine (C=N–C) groups is 1. The average molecular weight is 557 g/mol. The Morgan fingerprint density at radius 2 is 1.73 bits per heavy atom. The number of fused-ring (bicyclic) bond motifs is 2. The van der Waals surface area contributed by atoms with Crippen LogP contribution in [0.4, 0.5) is 4.39 Å². The molecule has 1 aliphatic carbocycles. The summed E-state index contributed by atoms with van der Waals surface area (Å²) in [5.74, 6) is -4.52. The molecule has 4 amide bonds. The lowest BCUT2D eigenvalue weighted by Gasteiger charge is -2.49. The zero-order chi connectivity index (χ0) is 28.7. The van der Waals surface area contributed by atoms with E-state index in [1.165, 1.54) is 43.3 Å². The number of hydrogen-bond acceptors (Lipinski definition) is 8. The highest BCUT2D eigenvalue weighted by Gasteiger charge is 2.59. The van der Waals surface area contributed by atoms with Gasteiger partial charge in [-0.15, -0.1) is 0 Å². The van der Waals surface area contributed by atoms with Crippen LogP contribution in [0.15, 0.2) is 29.3 Å². The van der Waals surface area contributed by atoms with Gasteiger partial charge in [-0.3, -0.25) is 33.8 Å². The number of nitrogens with one attached hydrogen (secondary N) is 2. The van der Waals surface area contributed by atoms with E-state index in [-0.39, 0.29) is 18.9 Å². The van der Waals surface area contributed by atoms with Crippen molar-refractivity contribution in [3.8, 4) is 0 Å². The van der Waals surface area contributed by atoms with E-state index in [2.05, 4.69) is 20.5 Å². The number of morpholine rings is 1. The number of ether oxygens (including phenoxy) is 1. The lowest BCUT2D eigenvalue weighted by molar-refractivity contribution is -0.147. The predicted molar refractivity (Wildman–Crippen MR) is 139 cm³/mol. The number of carbonyl (C=O) groups excluding carboxylic acids is 5. The molecule has 1 unspecified atom stereocenters. The lowest BCUT2D eigenvalue weighted by Crippen LogP contribution is -2.65. The summed E-state index contributed by atoms with van der Waals surface area (Å²) in [5, 5.41) is 5.45. The van der Waals surface area contributed by atoms with Crippen molar-refractivity contribution in [3.63, 3.8) is 0 Å². The minimum absolute atomic E-state index is 0.00497. The summed E-state index contributed by atoms with van der Waals surface area (Å²) in [7, 11) is 2.93. The fraction of sp³-hybridized carbons (Fsp3) is 0.556. The molecule has 1 atom stereocenters. The summed E-state index contributed by atoms with van der Waals surface area (Å²) in [4.78, 5) is 74.7. The summed E-state index contributed by atoms with van der Waals surface area (Å²) in [5.41, 5.74) is -1.07. The smallest absolute Gasteiger partial charge is 0.311 e. The maximum absolute atomic E-state index is 13.6. The summed E-state index contributed by atoms with van der Waals surface area (Å²) in [6.07, 6.45) is 1.92. The molecule has 40 heavy (non-hydrogen) atoms. The van der Waals surface area contributed by atoms with Crippen LogP contribution in [0, 0.1) is 5.82 Å². The normalized spacial score (nSPS) is 28.3. The average Bonchev–Trinajstić information content (AvgIpc) is 3.18. The van der Waals surface area contributed by atoms with E-state index in [0.29, 0.717) is 57.6 Å². The Labute approximate surface area is 230 Å². The van der Waals surface area contributed by atoms with Gasteiger partial charge in [-0.2, -0.15) is 0 Å². The third-order valence-electron chi connectivity index (χ3n) is 8.39. The molecule has 1 aromatic carbocycles. The molecule has 0 radical (unpaired) electrons. The van der Waals surface area contributed by atoms with E-state index < -0.39 is 52.3 Å². The molecule has 4 fully saturated rings. The molecule has 1 aromatic rings. The van der Waals surface area contributed by atoms with Gasteiger partial charge in [-0.1, -0.05) is 12.1 Å². The first-order chi connectivity index (χ1) is 19.0. The number of likely N-dealkylation sites (N-methyl/N-ethyl adjacent to an activating group) is 1. The third kappa shape index (κ3) is 4.99. The molecule has 13 heteroatoms. The minimum atomic E-state index is -1.64. The highest BCUT2D eigenvalue weighted by atomic mass is 19.1. The van der Waals surface area contributed by atoms with Crippen LogP contribution in [0.1, 0.15) is 31.2 Å². The number of amides is 4. The van der Waals surface area contributed by atoms with E-state index in [4.69, 9.17) is 4.74 Å². The number of halogens is 1. The van der Waals surface area contributed by atoms with Gasteiger partial charge < -0.3 is 20.3 Å². The van der Waals surface area contributed by atoms with Crippen molar-refractivity contribution in [2.45, 2.75) is 49.3 Å². The van der Waals surface area contributed by atoms with Gasteiger partial charge in [0.1, 0.15) is 11.7 Å². The molecular formula is C27H33FN6O6. The lowest BCUT2D eigenvalue weighted by atomic mass is 9.72. The van der Waals surface area contributed by atoms with Gasteiger partial charge in [0.25, 0.3) is 17.6 Å². The first-order valence-corrected chi connectivity index (χ1v) is 13.4. The van der Waals surface area contributed by atoms with Gasteiger partial charge >= 0.3 is 11.8 Å². The van der Waals surface area contributed by atoms with E-state index in [9.17, 15) is 28.4 Å². The second kappa shape index (κ2) is 10.7. The van der Waals surface area contributed by atoms with Crippen molar-refractivity contribution in [2.75, 3.05) is 46.9 Å². The number of amidine groups is 1. The molecule has 2 N–H and O–H groups in total. The molecule has 12 nitrogen and oxygen atoms in total. The standard InChI is InChI=1S/C27H33FN6O6/c1-32(2)24(39)22(37)31-27-9-7-26(8-10-27,33-11-13-40-14-12-33)16-34-23(38)20(35)19(30-25(27)34)21(36)29-15-17-3-5-18(28)6-4-17/h3-6,19H,7-16H2,1-2H3,(H,29,36)(H,31,37). The Balaban J connectivity index is 1.49. The largest absolute Gasteiger partial charge is 0.379 e. The summed E-state index contributed by atoms with van der Waals surface area (Å²) >= 11 is 0. The fourth-order valence-electron chi connectivity index (χ4n) is 6.12. The molecule has 6 rings (SSSR count). The van der Waals surface area contributed by atoms with Gasteiger partial charge in [0.2, 0.25) is 0 Å². The van der Waals surface area contributed by atoms with Crippen LogP contribution >= 0.6 is 0 Å². The van der Waals surface area contributed by atoms with Gasteiger partial charge in [0.05, 0.1) is 18.8 Å². The van der Waals surface area contributed by atoms with Crippen LogP contribution in [-0.2, 0) is 35.3 Å². The van der Waals surface area contributed by atoms with Gasteiger partial charge in [-0.05, 0) is 43.4 Å². The van der Waals surface area contributed by atoms with Gasteiger partial charge in [0, 0.05) is 45.8 Å². The molecule has 1 saturated carbocycles. The molecule has 4 heterocycles. The van der Waals surface area contributed by atoms with Crippen molar-refractivity contribution in [1.29, 1.82) is 0 Å². The first kappa shape index (κ1) is 27.8. The second-order valence-electron chi connectivity index (χ2n) is 11.0. The summed E-state index contributed by atoms with van der Waals surface area (Å²) in [6, 6.07) is 3.86. The van der Waals surface area contributed by atoms with Crippen LogP contribution in [-0.4, -0.2) is 114 Å². The molecule has 0 aromatic heterocycles. The number of rotatable bonds is 5. The number of hydrogen-bond donors (Lipinski definition) is 2. The van der Waals surface area contributed by atoms with Crippen LogP contribution in [0.25, 0.3) is 0 Å². The number of ketones is 1. The summed E-state index contributed by atoms with van der Waals surface area (Å²) in [6.45, 7) is 2.60. The monoisotopic (exact) mass is 556 g/mol. The molecule has 3 saturated heterocycles. The van der Waals surface area contributed by atoms with Crippen LogP contribution < -0.4 is 10.6 Å². The Bertz CT molecular complexity index is 1250. The number of benzene rings is 1. The Morgan fingerprint density at radius 1 is 1.07 bits per heavy atom. The van der Waals surface area contributed by atoms with Crippen molar-refractivity contribution in [2.24, 2.45) is 4.99 Å². The zero-order valence-corrected chi connectivity index (χ0v) is 22.6. The summed E-state index contributed by atoms with van der Waals surface area (Å²) < 4.78 is 18.8. The number of carbonyl (C=O) groups is 5. The molecule has 0 spiro atoms. The molecule has 2 bridgehead atoms. The maximum atomic E-state index is 13.6. The second-order valence-corrected chi connectivity index (χ2v) is 11.0. The van der Waals surface area contributed by atoms with Crippen LogP contribution in [0.3, 0.4) is 0 Å². The number of nitrogens with zero attached hydrogens (tertiary/aromatic N) is 4. The quantitative estimate of drug-likeness (QED) is 0.358. The van der Waals surface area contributed by atoms with E-state index in [0.717, 1.165) is 4.90 Å². The molecular weight excluding hydrogens is 523 g/mol. The third-order valence-corrected chi connectivity index (χ3v) is 8.39. The Morgan fingerprint density at radius 3 is 2.35 bits per heavy atom. The highest BCUT2D eigenvalue weighted by Crippen LogP contribution is 2.45. The Kier molecular flexibility index (Phi) is 7.44. The van der Waals surface area contributed by atoms with Gasteiger partial charge in [-0.25, -0.2) is 9.38 Å². The van der Waals surface area contributed by atoms with Crippen molar-refractivity contribution in [1.82, 2.24) is 25.3 Å². The zero-order valence-electron chi connectivity index (χ0n) is 22.6. The predicted octanol–water partition coefficient (Wildman–Crippen LogP) is -0.778. The number of Topliss-reactive ketones (excluding diaryl/α,β-unsaturated/α-hetero) is 1. The highest BCUT2D eigenvalue weighted by molar-refractivity contribution is 6.46. The van der Waals surface area contributed by atoms with E-state index in [1.54, 1.807) is 0 Å².